The fourth-order valence-corrected chi connectivity index (χ4v) is 2.54. The summed E-state index contributed by atoms with van der Waals surface area (Å²) in [7, 11) is 0. The van der Waals surface area contributed by atoms with Gasteiger partial charge in [-0.1, -0.05) is 53.4 Å². The first-order chi connectivity index (χ1) is 12.1. The molecular formula is C20H32O5. The maximum atomic E-state index is 12.1. The van der Waals surface area contributed by atoms with E-state index >= 15 is 0 Å². The molecule has 142 valence electrons. The molecule has 0 aromatic carbocycles. The van der Waals surface area contributed by atoms with Crippen LogP contribution in [0, 0.1) is 0 Å². The Kier molecular flexibility index (Phi) is 9.97. The minimum atomic E-state index is -0.310. The van der Waals surface area contributed by atoms with E-state index in [0.717, 1.165) is 38.5 Å². The van der Waals surface area contributed by atoms with Crippen LogP contribution < -0.4 is 9.47 Å². The molecule has 0 saturated heterocycles. The van der Waals surface area contributed by atoms with Crippen LogP contribution in [0.15, 0.2) is 4.42 Å². The number of aryl methyl sites for hydroxylation is 2. The highest BCUT2D eigenvalue weighted by Gasteiger charge is 2.25. The molecule has 0 aliphatic carbocycles. The number of hydrogen-bond acceptors (Lipinski definition) is 5. The lowest BCUT2D eigenvalue weighted by Gasteiger charge is -2.08. The van der Waals surface area contributed by atoms with Crippen molar-refractivity contribution >= 4 is 11.9 Å². The van der Waals surface area contributed by atoms with E-state index in [0.29, 0.717) is 37.2 Å². The zero-order valence-corrected chi connectivity index (χ0v) is 16.1. The molecule has 1 heterocycles. The molecule has 0 saturated carbocycles. The number of rotatable bonds is 12. The Bertz CT molecular complexity index is 498. The van der Waals surface area contributed by atoms with Crippen LogP contribution in [0.2, 0.25) is 0 Å². The first-order valence-electron chi connectivity index (χ1n) is 9.63. The van der Waals surface area contributed by atoms with Crippen LogP contribution in [0.3, 0.4) is 0 Å². The normalized spacial score (nSPS) is 10.7. The molecular weight excluding hydrogens is 320 g/mol. The van der Waals surface area contributed by atoms with Gasteiger partial charge in [-0.25, -0.2) is 0 Å². The van der Waals surface area contributed by atoms with Crippen molar-refractivity contribution < 1.29 is 23.5 Å². The van der Waals surface area contributed by atoms with Crippen LogP contribution in [0.4, 0.5) is 0 Å². The Hall–Kier alpha value is -1.78. The summed E-state index contributed by atoms with van der Waals surface area (Å²) in [6, 6.07) is 0. The third-order valence-electron chi connectivity index (χ3n) is 4.00. The fourth-order valence-electron chi connectivity index (χ4n) is 2.54. The Morgan fingerprint density at radius 3 is 1.44 bits per heavy atom. The predicted molar refractivity (Wildman–Crippen MR) is 97.0 cm³/mol. The lowest BCUT2D eigenvalue weighted by molar-refractivity contribution is -0.137. The quantitative estimate of drug-likeness (QED) is 0.373. The molecule has 25 heavy (non-hydrogen) atoms. The Labute approximate surface area is 151 Å². The minimum Gasteiger partial charge on any atom is -0.458 e. The Morgan fingerprint density at radius 1 is 0.720 bits per heavy atom. The van der Waals surface area contributed by atoms with Crippen molar-refractivity contribution in [3.05, 3.63) is 11.5 Å². The average molecular weight is 352 g/mol. The molecule has 0 aliphatic heterocycles. The molecule has 1 aromatic rings. The Morgan fingerprint density at radius 2 is 1.12 bits per heavy atom. The summed E-state index contributed by atoms with van der Waals surface area (Å²) >= 11 is 0. The van der Waals surface area contributed by atoms with E-state index in [9.17, 15) is 9.59 Å². The highest BCUT2D eigenvalue weighted by Crippen LogP contribution is 2.39. The highest BCUT2D eigenvalue weighted by atomic mass is 16.6. The van der Waals surface area contributed by atoms with Crippen LogP contribution in [-0.4, -0.2) is 11.9 Å². The van der Waals surface area contributed by atoms with E-state index < -0.39 is 0 Å². The van der Waals surface area contributed by atoms with Gasteiger partial charge < -0.3 is 13.9 Å². The van der Waals surface area contributed by atoms with Gasteiger partial charge in [0.1, 0.15) is 0 Å². The number of carbonyl (C=O) groups excluding carboxylic acids is 2. The van der Waals surface area contributed by atoms with E-state index in [1.165, 1.54) is 0 Å². The van der Waals surface area contributed by atoms with Gasteiger partial charge in [0.25, 0.3) is 0 Å². The van der Waals surface area contributed by atoms with Gasteiger partial charge in [-0.05, 0) is 12.8 Å². The van der Waals surface area contributed by atoms with Crippen LogP contribution in [0.1, 0.15) is 90.6 Å². The lowest BCUT2D eigenvalue weighted by atomic mass is 10.2. The lowest BCUT2D eigenvalue weighted by Crippen LogP contribution is -2.12. The smallest absolute Gasteiger partial charge is 0.311 e. The molecule has 0 bridgehead atoms. The molecule has 5 heteroatoms. The van der Waals surface area contributed by atoms with Crippen molar-refractivity contribution in [2.45, 2.75) is 91.9 Å². The third-order valence-corrected chi connectivity index (χ3v) is 4.00. The zero-order chi connectivity index (χ0) is 18.7. The number of carbonyl (C=O) groups is 2. The molecule has 1 aromatic heterocycles. The van der Waals surface area contributed by atoms with Crippen molar-refractivity contribution in [1.29, 1.82) is 0 Å². The summed E-state index contributed by atoms with van der Waals surface area (Å²) < 4.78 is 16.8. The standard InChI is InChI=1S/C20H32O5/c1-5-9-11-13-17(21)24-19-15(7-3)23-16(8-4)20(19)25-18(22)14-12-10-6-2/h5-14H2,1-4H3. The molecule has 0 spiro atoms. The molecule has 1 rings (SSSR count). The molecule has 0 fully saturated rings. The molecule has 0 unspecified atom stereocenters. The third kappa shape index (κ3) is 6.92. The van der Waals surface area contributed by atoms with Gasteiger partial charge in [0.15, 0.2) is 11.5 Å². The summed E-state index contributed by atoms with van der Waals surface area (Å²) in [4.78, 5) is 24.2. The maximum Gasteiger partial charge on any atom is 0.311 e. The number of furan rings is 1. The van der Waals surface area contributed by atoms with Gasteiger partial charge in [0, 0.05) is 25.7 Å². The first-order valence-corrected chi connectivity index (χ1v) is 9.63. The van der Waals surface area contributed by atoms with Crippen molar-refractivity contribution in [3.8, 4) is 11.5 Å². The van der Waals surface area contributed by atoms with Crippen LogP contribution in [0.25, 0.3) is 0 Å². The second kappa shape index (κ2) is 11.7. The highest BCUT2D eigenvalue weighted by molar-refractivity contribution is 5.77. The maximum absolute atomic E-state index is 12.1. The van der Waals surface area contributed by atoms with E-state index in [1.54, 1.807) is 0 Å². The van der Waals surface area contributed by atoms with Gasteiger partial charge in [-0.15, -0.1) is 0 Å². The fraction of sp³-hybridized carbons (Fsp3) is 0.700. The van der Waals surface area contributed by atoms with Gasteiger partial charge in [0.05, 0.1) is 0 Å². The SMILES string of the molecule is CCCCCC(=O)Oc1c(CC)oc(CC)c1OC(=O)CCCCC. The van der Waals surface area contributed by atoms with Gasteiger partial charge in [0.2, 0.25) is 11.5 Å². The molecule has 5 nitrogen and oxygen atoms in total. The monoisotopic (exact) mass is 352 g/mol. The Balaban J connectivity index is 2.88. The number of unbranched alkanes of at least 4 members (excludes halogenated alkanes) is 4. The summed E-state index contributed by atoms with van der Waals surface area (Å²) in [5.74, 6) is 1.05. The van der Waals surface area contributed by atoms with E-state index in [2.05, 4.69) is 13.8 Å². The minimum absolute atomic E-state index is 0.282. The summed E-state index contributed by atoms with van der Waals surface area (Å²) in [6.45, 7) is 8.00. The van der Waals surface area contributed by atoms with Crippen LogP contribution in [0.5, 0.6) is 11.5 Å². The van der Waals surface area contributed by atoms with E-state index in [4.69, 9.17) is 13.9 Å². The van der Waals surface area contributed by atoms with E-state index in [1.807, 2.05) is 13.8 Å². The topological polar surface area (TPSA) is 65.7 Å². The van der Waals surface area contributed by atoms with Crippen molar-refractivity contribution in [1.82, 2.24) is 0 Å². The van der Waals surface area contributed by atoms with Crippen molar-refractivity contribution in [2.24, 2.45) is 0 Å². The predicted octanol–water partition coefficient (Wildman–Crippen LogP) is 5.38. The van der Waals surface area contributed by atoms with E-state index in [-0.39, 0.29) is 23.4 Å². The van der Waals surface area contributed by atoms with Gasteiger partial charge in [-0.3, -0.25) is 9.59 Å². The molecule has 0 aliphatic rings. The average Bonchev–Trinajstić information content (AvgIpc) is 2.92. The molecule has 0 atom stereocenters. The number of esters is 2. The molecule has 0 N–H and O–H groups in total. The summed E-state index contributed by atoms with van der Waals surface area (Å²) in [5, 5.41) is 0. The second-order valence-electron chi connectivity index (χ2n) is 6.18. The number of hydrogen-bond donors (Lipinski definition) is 0. The number of ether oxygens (including phenoxy) is 2. The first kappa shape index (κ1) is 21.3. The zero-order valence-electron chi connectivity index (χ0n) is 16.1. The van der Waals surface area contributed by atoms with Gasteiger partial charge >= 0.3 is 11.9 Å². The molecule has 0 amide bonds. The second-order valence-corrected chi connectivity index (χ2v) is 6.18. The van der Waals surface area contributed by atoms with Crippen molar-refractivity contribution in [3.63, 3.8) is 0 Å². The summed E-state index contributed by atoms with van der Waals surface area (Å²) in [5.41, 5.74) is 0. The molecule has 0 radical (unpaired) electrons. The summed E-state index contributed by atoms with van der Waals surface area (Å²) in [6.07, 6.45) is 7.49. The van der Waals surface area contributed by atoms with Crippen LogP contribution >= 0.6 is 0 Å². The van der Waals surface area contributed by atoms with Crippen molar-refractivity contribution in [2.75, 3.05) is 0 Å². The largest absolute Gasteiger partial charge is 0.458 e. The van der Waals surface area contributed by atoms with Gasteiger partial charge in [-0.2, -0.15) is 0 Å². The van der Waals surface area contributed by atoms with Crippen LogP contribution in [-0.2, 0) is 22.4 Å².